The Morgan fingerprint density at radius 1 is 1.09 bits per heavy atom. The molecule has 1 aliphatic rings. The zero-order valence-electron chi connectivity index (χ0n) is 12.2. The Morgan fingerprint density at radius 2 is 1.78 bits per heavy atom. The maximum atomic E-state index is 12.8. The van der Waals surface area contributed by atoms with Crippen molar-refractivity contribution in [1.29, 1.82) is 0 Å². The molecule has 2 aromatic rings. The lowest BCUT2D eigenvalue weighted by Crippen LogP contribution is -2.41. The lowest BCUT2D eigenvalue weighted by atomic mass is 10.2. The third kappa shape index (κ3) is 4.20. The predicted octanol–water partition coefficient (Wildman–Crippen LogP) is 2.09. The minimum Gasteiger partial charge on any atom is -0.486 e. The fourth-order valence-electron chi connectivity index (χ4n) is 2.23. The van der Waals surface area contributed by atoms with Crippen LogP contribution < -0.4 is 14.2 Å². The molecule has 0 aromatic heterocycles. The third-order valence-electron chi connectivity index (χ3n) is 3.37. The summed E-state index contributed by atoms with van der Waals surface area (Å²) in [4.78, 5) is 0. The largest absolute Gasteiger partial charge is 0.486 e. The molecule has 1 aliphatic heterocycles. The molecule has 3 rings (SSSR count). The number of ether oxygens (including phenoxy) is 2. The van der Waals surface area contributed by atoms with E-state index in [0.717, 1.165) is 0 Å². The van der Waals surface area contributed by atoms with Crippen molar-refractivity contribution in [3.8, 4) is 11.5 Å². The molecule has 0 unspecified atom stereocenters. The van der Waals surface area contributed by atoms with Crippen LogP contribution >= 0.6 is 0 Å². The van der Waals surface area contributed by atoms with E-state index in [1.807, 2.05) is 12.1 Å². The van der Waals surface area contributed by atoms with Gasteiger partial charge in [-0.2, -0.15) is 0 Å². The van der Waals surface area contributed by atoms with Crippen molar-refractivity contribution in [2.45, 2.75) is 11.9 Å². The number of benzene rings is 2. The van der Waals surface area contributed by atoms with Crippen LogP contribution in [-0.4, -0.2) is 27.7 Å². The highest BCUT2D eigenvalue weighted by molar-refractivity contribution is 7.88. The molecule has 1 N–H and O–H groups in total. The van der Waals surface area contributed by atoms with Gasteiger partial charge >= 0.3 is 0 Å². The Kier molecular flexibility index (Phi) is 4.49. The molecule has 0 saturated carbocycles. The van der Waals surface area contributed by atoms with Crippen LogP contribution in [-0.2, 0) is 15.8 Å². The Balaban J connectivity index is 1.56. The van der Waals surface area contributed by atoms with Crippen LogP contribution in [0.2, 0.25) is 0 Å². The third-order valence-corrected chi connectivity index (χ3v) is 4.69. The number of rotatable bonds is 5. The molecule has 0 amide bonds. The van der Waals surface area contributed by atoms with Gasteiger partial charge in [-0.25, -0.2) is 17.5 Å². The van der Waals surface area contributed by atoms with Crippen LogP contribution in [0.3, 0.4) is 0 Å². The topological polar surface area (TPSA) is 64.6 Å². The normalized spacial score (nSPS) is 17.0. The number of sulfonamides is 1. The highest BCUT2D eigenvalue weighted by Gasteiger charge is 2.22. The van der Waals surface area contributed by atoms with Gasteiger partial charge in [0.05, 0.1) is 12.3 Å². The molecule has 0 bridgehead atoms. The van der Waals surface area contributed by atoms with Gasteiger partial charge in [-0.1, -0.05) is 24.3 Å². The summed E-state index contributed by atoms with van der Waals surface area (Å²) in [6.45, 7) is 0.383. The molecule has 5 nitrogen and oxygen atoms in total. The van der Waals surface area contributed by atoms with E-state index in [1.165, 1.54) is 24.3 Å². The van der Waals surface area contributed by atoms with E-state index in [4.69, 9.17) is 9.47 Å². The number of para-hydroxylation sites is 2. The van der Waals surface area contributed by atoms with Gasteiger partial charge in [0.25, 0.3) is 0 Å². The van der Waals surface area contributed by atoms with Crippen molar-refractivity contribution in [1.82, 2.24) is 4.72 Å². The van der Waals surface area contributed by atoms with E-state index in [1.54, 1.807) is 12.1 Å². The quantitative estimate of drug-likeness (QED) is 0.907. The summed E-state index contributed by atoms with van der Waals surface area (Å²) in [5.41, 5.74) is 0.519. The summed E-state index contributed by atoms with van der Waals surface area (Å²) >= 11 is 0. The first-order valence-corrected chi connectivity index (χ1v) is 8.77. The second-order valence-corrected chi connectivity index (χ2v) is 7.04. The SMILES string of the molecule is O=S(=O)(Cc1ccc(F)cc1)NC[C@H]1COc2ccccc2O1. The lowest BCUT2D eigenvalue weighted by molar-refractivity contribution is 0.0943. The second kappa shape index (κ2) is 6.55. The summed E-state index contributed by atoms with van der Waals surface area (Å²) < 4.78 is 50.7. The van der Waals surface area contributed by atoms with Crippen molar-refractivity contribution in [3.05, 3.63) is 59.9 Å². The highest BCUT2D eigenvalue weighted by Crippen LogP contribution is 2.30. The van der Waals surface area contributed by atoms with E-state index in [-0.39, 0.29) is 18.9 Å². The smallest absolute Gasteiger partial charge is 0.215 e. The van der Waals surface area contributed by atoms with Gasteiger partial charge in [-0.05, 0) is 29.8 Å². The lowest BCUT2D eigenvalue weighted by Gasteiger charge is -2.26. The fourth-order valence-corrected chi connectivity index (χ4v) is 3.41. The Labute approximate surface area is 134 Å². The fraction of sp³-hybridized carbons (Fsp3) is 0.250. The minimum absolute atomic E-state index is 0.109. The molecule has 0 fully saturated rings. The maximum absolute atomic E-state index is 12.8. The monoisotopic (exact) mass is 337 g/mol. The van der Waals surface area contributed by atoms with Crippen LogP contribution in [0.4, 0.5) is 4.39 Å². The van der Waals surface area contributed by atoms with Crippen LogP contribution in [0.15, 0.2) is 48.5 Å². The average Bonchev–Trinajstić information content (AvgIpc) is 2.55. The highest BCUT2D eigenvalue weighted by atomic mass is 32.2. The number of fused-ring (bicyclic) bond motifs is 1. The van der Waals surface area contributed by atoms with E-state index < -0.39 is 21.9 Å². The summed E-state index contributed by atoms with van der Waals surface area (Å²) in [5, 5.41) is 0. The average molecular weight is 337 g/mol. The number of nitrogens with one attached hydrogen (secondary N) is 1. The van der Waals surface area contributed by atoms with Crippen LogP contribution in [0.5, 0.6) is 11.5 Å². The van der Waals surface area contributed by atoms with Gasteiger partial charge < -0.3 is 9.47 Å². The number of hydrogen-bond donors (Lipinski definition) is 1. The van der Waals surface area contributed by atoms with Crippen molar-refractivity contribution in [2.24, 2.45) is 0 Å². The van der Waals surface area contributed by atoms with Crippen molar-refractivity contribution in [3.63, 3.8) is 0 Å². The standard InChI is InChI=1S/C16H16FNO4S/c17-13-7-5-12(6-8-13)11-23(19,20)18-9-14-10-21-15-3-1-2-4-16(15)22-14/h1-8,14,18H,9-11H2/t14-/m0/s1. The van der Waals surface area contributed by atoms with Gasteiger partial charge in [0.1, 0.15) is 18.5 Å². The molecule has 1 atom stereocenters. The van der Waals surface area contributed by atoms with Gasteiger partial charge in [0.2, 0.25) is 10.0 Å². The zero-order valence-corrected chi connectivity index (χ0v) is 13.1. The number of halogens is 1. The first-order valence-electron chi connectivity index (χ1n) is 7.12. The molecule has 122 valence electrons. The predicted molar refractivity (Wildman–Crippen MR) is 83.4 cm³/mol. The molecular weight excluding hydrogens is 321 g/mol. The molecule has 0 aliphatic carbocycles. The van der Waals surface area contributed by atoms with Crippen molar-refractivity contribution < 1.29 is 22.3 Å². The Morgan fingerprint density at radius 3 is 2.52 bits per heavy atom. The van der Waals surface area contributed by atoms with Gasteiger partial charge in [-0.3, -0.25) is 0 Å². The van der Waals surface area contributed by atoms with Crippen molar-refractivity contribution in [2.75, 3.05) is 13.2 Å². The first kappa shape index (κ1) is 15.8. The summed E-state index contributed by atoms with van der Waals surface area (Å²) in [7, 11) is -3.53. The van der Waals surface area contributed by atoms with Gasteiger partial charge in [-0.15, -0.1) is 0 Å². The zero-order chi connectivity index (χ0) is 16.3. The second-order valence-electron chi connectivity index (χ2n) is 5.23. The molecule has 0 saturated heterocycles. The summed E-state index contributed by atoms with van der Waals surface area (Å²) in [6, 6.07) is 12.6. The van der Waals surface area contributed by atoms with E-state index in [0.29, 0.717) is 17.1 Å². The van der Waals surface area contributed by atoms with Crippen LogP contribution in [0.1, 0.15) is 5.56 Å². The van der Waals surface area contributed by atoms with E-state index in [9.17, 15) is 12.8 Å². The molecule has 23 heavy (non-hydrogen) atoms. The maximum Gasteiger partial charge on any atom is 0.215 e. The Hall–Kier alpha value is -2.12. The van der Waals surface area contributed by atoms with Gasteiger partial charge in [0.15, 0.2) is 11.5 Å². The van der Waals surface area contributed by atoms with E-state index in [2.05, 4.69) is 4.72 Å². The molecule has 0 spiro atoms. The molecule has 7 heteroatoms. The summed E-state index contributed by atoms with van der Waals surface area (Å²) in [5.74, 6) is 0.641. The van der Waals surface area contributed by atoms with Gasteiger partial charge in [0, 0.05) is 0 Å². The minimum atomic E-state index is -3.53. The van der Waals surface area contributed by atoms with E-state index >= 15 is 0 Å². The van der Waals surface area contributed by atoms with Crippen LogP contribution in [0.25, 0.3) is 0 Å². The van der Waals surface area contributed by atoms with Crippen LogP contribution in [0, 0.1) is 5.82 Å². The number of hydrogen-bond acceptors (Lipinski definition) is 4. The first-order chi connectivity index (χ1) is 11.0. The molecule has 2 aromatic carbocycles. The molecular formula is C16H16FNO4S. The van der Waals surface area contributed by atoms with Crippen molar-refractivity contribution >= 4 is 10.0 Å². The molecule has 1 heterocycles. The Bertz CT molecular complexity index is 777. The summed E-state index contributed by atoms with van der Waals surface area (Å²) in [6.07, 6.45) is -0.395. The molecule has 0 radical (unpaired) electrons.